The van der Waals surface area contributed by atoms with Crippen molar-refractivity contribution in [1.29, 1.82) is 0 Å². The van der Waals surface area contributed by atoms with E-state index in [9.17, 15) is 14.7 Å². The molecule has 0 spiro atoms. The zero-order valence-corrected chi connectivity index (χ0v) is 19.0. The second-order valence-electron chi connectivity index (χ2n) is 7.30. The molecule has 2 atom stereocenters. The predicted molar refractivity (Wildman–Crippen MR) is 126 cm³/mol. The highest BCUT2D eigenvalue weighted by molar-refractivity contribution is 9.10. The minimum atomic E-state index is -0.994. The van der Waals surface area contributed by atoms with Crippen molar-refractivity contribution in [3.05, 3.63) is 69.9 Å². The summed E-state index contributed by atoms with van der Waals surface area (Å²) in [5.41, 5.74) is 4.51. The highest BCUT2D eigenvalue weighted by Crippen LogP contribution is 2.32. The van der Waals surface area contributed by atoms with Gasteiger partial charge in [-0.1, -0.05) is 57.9 Å². The normalized spacial score (nSPS) is 18.2. The number of rotatable bonds is 5. The number of fused-ring (bicyclic) bond motifs is 1. The fourth-order valence-electron chi connectivity index (χ4n) is 3.65. The quantitative estimate of drug-likeness (QED) is 0.289. The molecule has 1 amide bonds. The third-order valence-electron chi connectivity index (χ3n) is 5.25. The number of benzene rings is 2. The maximum atomic E-state index is 12.5. The SMILES string of the molecule is O=C(O)C1CC=CCC1C(=O)N/N=C/c1nc(-c2ccccc2Cl)c2cc(Br)ccc2n1. The van der Waals surface area contributed by atoms with E-state index in [0.717, 1.165) is 15.4 Å². The lowest BCUT2D eigenvalue weighted by molar-refractivity contribution is -0.147. The standard InChI is InChI=1S/C23H18BrClN4O3/c24-13-9-10-19-17(11-13)21(16-7-3-4-8-18(16)25)28-20(27-19)12-26-29-22(30)14-5-1-2-6-15(14)23(31)32/h1-4,7-12,14-15H,5-6H2,(H,29,30)(H,31,32)/b26-12+. The number of amides is 1. The summed E-state index contributed by atoms with van der Waals surface area (Å²) in [6.45, 7) is 0. The molecule has 1 heterocycles. The van der Waals surface area contributed by atoms with E-state index in [1.807, 2.05) is 42.5 Å². The Morgan fingerprint density at radius 3 is 2.62 bits per heavy atom. The first-order valence-corrected chi connectivity index (χ1v) is 11.0. The topological polar surface area (TPSA) is 105 Å². The van der Waals surface area contributed by atoms with Crippen LogP contribution < -0.4 is 5.43 Å². The number of halogens is 2. The van der Waals surface area contributed by atoms with Crippen LogP contribution in [0.2, 0.25) is 5.02 Å². The molecule has 32 heavy (non-hydrogen) atoms. The fourth-order valence-corrected chi connectivity index (χ4v) is 4.23. The van der Waals surface area contributed by atoms with Crippen molar-refractivity contribution in [3.63, 3.8) is 0 Å². The second kappa shape index (κ2) is 9.58. The Hall–Kier alpha value is -3.10. The first-order chi connectivity index (χ1) is 15.4. The van der Waals surface area contributed by atoms with Crippen molar-refractivity contribution in [3.8, 4) is 11.3 Å². The smallest absolute Gasteiger partial charge is 0.307 e. The molecule has 1 aliphatic carbocycles. The molecule has 0 fully saturated rings. The summed E-state index contributed by atoms with van der Waals surface area (Å²) < 4.78 is 0.880. The van der Waals surface area contributed by atoms with Gasteiger partial charge in [0.15, 0.2) is 5.82 Å². The number of hydrogen-bond donors (Lipinski definition) is 2. The number of carboxylic acid groups (broad SMARTS) is 1. The molecule has 1 aromatic heterocycles. The molecule has 3 aromatic rings. The number of allylic oxidation sites excluding steroid dienone is 2. The first-order valence-electron chi connectivity index (χ1n) is 9.87. The zero-order valence-electron chi connectivity index (χ0n) is 16.7. The summed E-state index contributed by atoms with van der Waals surface area (Å²) in [6, 6.07) is 13.0. The first kappa shape index (κ1) is 22.1. The Balaban J connectivity index is 1.64. The molecule has 0 radical (unpaired) electrons. The third kappa shape index (κ3) is 4.71. The molecule has 4 rings (SSSR count). The van der Waals surface area contributed by atoms with E-state index in [4.69, 9.17) is 11.6 Å². The Bertz CT molecular complexity index is 1260. The molecule has 0 bridgehead atoms. The van der Waals surface area contributed by atoms with Crippen LogP contribution in [-0.2, 0) is 9.59 Å². The largest absolute Gasteiger partial charge is 0.481 e. The lowest BCUT2D eigenvalue weighted by atomic mass is 9.82. The summed E-state index contributed by atoms with van der Waals surface area (Å²) in [4.78, 5) is 33.0. The van der Waals surface area contributed by atoms with Crippen LogP contribution in [0.4, 0.5) is 0 Å². The molecule has 162 valence electrons. The number of carbonyl (C=O) groups is 2. The molecular formula is C23H18BrClN4O3. The third-order valence-corrected chi connectivity index (χ3v) is 6.07. The Morgan fingerprint density at radius 1 is 1.12 bits per heavy atom. The minimum absolute atomic E-state index is 0.286. The highest BCUT2D eigenvalue weighted by Gasteiger charge is 2.33. The van der Waals surface area contributed by atoms with Gasteiger partial charge in [-0.2, -0.15) is 5.10 Å². The average molecular weight is 514 g/mol. The van der Waals surface area contributed by atoms with Crippen molar-refractivity contribution < 1.29 is 14.7 Å². The van der Waals surface area contributed by atoms with Gasteiger partial charge in [0.1, 0.15) is 0 Å². The summed E-state index contributed by atoms with van der Waals surface area (Å²) in [5, 5.41) is 14.7. The fraction of sp³-hybridized carbons (Fsp3) is 0.174. The number of carboxylic acids is 1. The molecule has 2 aromatic carbocycles. The van der Waals surface area contributed by atoms with Crippen LogP contribution in [0, 0.1) is 11.8 Å². The van der Waals surface area contributed by atoms with Gasteiger partial charge in [-0.15, -0.1) is 0 Å². The number of hydrazone groups is 1. The van der Waals surface area contributed by atoms with Crippen LogP contribution in [0.5, 0.6) is 0 Å². The van der Waals surface area contributed by atoms with Crippen LogP contribution in [0.3, 0.4) is 0 Å². The van der Waals surface area contributed by atoms with Crippen LogP contribution >= 0.6 is 27.5 Å². The summed E-state index contributed by atoms with van der Waals surface area (Å²) in [6.07, 6.45) is 5.61. The van der Waals surface area contributed by atoms with E-state index in [0.29, 0.717) is 29.1 Å². The van der Waals surface area contributed by atoms with E-state index in [2.05, 4.69) is 36.4 Å². The van der Waals surface area contributed by atoms with Gasteiger partial charge in [0.25, 0.3) is 0 Å². The van der Waals surface area contributed by atoms with Gasteiger partial charge in [0.05, 0.1) is 29.3 Å². The monoisotopic (exact) mass is 512 g/mol. The molecule has 2 unspecified atom stereocenters. The zero-order chi connectivity index (χ0) is 22.7. The van der Waals surface area contributed by atoms with Crippen LogP contribution in [0.15, 0.2) is 64.2 Å². The van der Waals surface area contributed by atoms with Crippen LogP contribution in [-0.4, -0.2) is 33.2 Å². The van der Waals surface area contributed by atoms with Crippen molar-refractivity contribution >= 4 is 56.5 Å². The van der Waals surface area contributed by atoms with Gasteiger partial charge in [-0.25, -0.2) is 15.4 Å². The molecule has 0 saturated heterocycles. The van der Waals surface area contributed by atoms with Gasteiger partial charge >= 0.3 is 5.97 Å². The van der Waals surface area contributed by atoms with Crippen LogP contribution in [0.25, 0.3) is 22.2 Å². The summed E-state index contributed by atoms with van der Waals surface area (Å²) in [5.74, 6) is -2.60. The summed E-state index contributed by atoms with van der Waals surface area (Å²) in [7, 11) is 0. The number of aliphatic carboxylic acids is 1. The number of nitrogens with zero attached hydrogens (tertiary/aromatic N) is 3. The van der Waals surface area contributed by atoms with Crippen molar-refractivity contribution in [2.24, 2.45) is 16.9 Å². The lowest BCUT2D eigenvalue weighted by Gasteiger charge is -2.23. The Morgan fingerprint density at radius 2 is 1.88 bits per heavy atom. The van der Waals surface area contributed by atoms with E-state index in [1.54, 1.807) is 12.1 Å². The molecule has 0 saturated carbocycles. The number of aromatic nitrogens is 2. The molecular weight excluding hydrogens is 496 g/mol. The van der Waals surface area contributed by atoms with Crippen LogP contribution in [0.1, 0.15) is 18.7 Å². The van der Waals surface area contributed by atoms with Crippen molar-refractivity contribution in [1.82, 2.24) is 15.4 Å². The number of nitrogens with one attached hydrogen (secondary N) is 1. The number of carbonyl (C=O) groups excluding carboxylic acids is 1. The van der Waals surface area contributed by atoms with Gasteiger partial charge < -0.3 is 5.11 Å². The van der Waals surface area contributed by atoms with Gasteiger partial charge in [-0.05, 0) is 37.1 Å². The average Bonchev–Trinajstić information content (AvgIpc) is 2.79. The van der Waals surface area contributed by atoms with E-state index >= 15 is 0 Å². The van der Waals surface area contributed by atoms with Gasteiger partial charge in [-0.3, -0.25) is 9.59 Å². The Kier molecular flexibility index (Phi) is 6.62. The lowest BCUT2D eigenvalue weighted by Crippen LogP contribution is -2.36. The maximum Gasteiger partial charge on any atom is 0.307 e. The van der Waals surface area contributed by atoms with Crippen molar-refractivity contribution in [2.45, 2.75) is 12.8 Å². The summed E-state index contributed by atoms with van der Waals surface area (Å²) >= 11 is 9.88. The van der Waals surface area contributed by atoms with E-state index < -0.39 is 23.7 Å². The molecule has 0 aliphatic heterocycles. The highest BCUT2D eigenvalue weighted by atomic mass is 79.9. The molecule has 1 aliphatic rings. The predicted octanol–water partition coefficient (Wildman–Crippen LogP) is 4.83. The van der Waals surface area contributed by atoms with Gasteiger partial charge in [0.2, 0.25) is 5.91 Å². The van der Waals surface area contributed by atoms with E-state index in [1.165, 1.54) is 6.21 Å². The molecule has 9 heteroatoms. The second-order valence-corrected chi connectivity index (χ2v) is 8.62. The van der Waals surface area contributed by atoms with E-state index in [-0.39, 0.29) is 5.82 Å². The molecule has 7 nitrogen and oxygen atoms in total. The van der Waals surface area contributed by atoms with Gasteiger partial charge in [0, 0.05) is 20.4 Å². The minimum Gasteiger partial charge on any atom is -0.481 e. The Labute approximate surface area is 197 Å². The van der Waals surface area contributed by atoms with Crippen molar-refractivity contribution in [2.75, 3.05) is 0 Å². The maximum absolute atomic E-state index is 12.5. The molecule has 2 N–H and O–H groups in total. The number of hydrogen-bond acceptors (Lipinski definition) is 5.